The summed E-state index contributed by atoms with van der Waals surface area (Å²) in [6.45, 7) is 1.36. The van der Waals surface area contributed by atoms with Gasteiger partial charge in [0, 0.05) is 31.5 Å². The first kappa shape index (κ1) is 21.3. The van der Waals surface area contributed by atoms with Crippen LogP contribution in [0.3, 0.4) is 0 Å². The van der Waals surface area contributed by atoms with Crippen LogP contribution in [0.2, 0.25) is 0 Å². The second kappa shape index (κ2) is 7.61. The van der Waals surface area contributed by atoms with E-state index in [9.17, 15) is 24.0 Å². The van der Waals surface area contributed by atoms with Crippen LogP contribution >= 0.6 is 0 Å². The van der Waals surface area contributed by atoms with Crippen LogP contribution in [0.15, 0.2) is 24.4 Å². The standard InChI is InChI=1S/C22H21N7O6/c30-17-4-3-16(18(31)24-17)28-8-12-7-13(1-2-14(12)19(28)32)29-9-15(25-26-29)20(33)27-10-22(11-27)5-6-23-21(34)35-22/h1-2,7,9,16H,3-6,8,10-11H2,(H,23,34)(H,24,30,31). The molecule has 1 atom stereocenters. The number of hydrogen-bond acceptors (Lipinski definition) is 8. The van der Waals surface area contributed by atoms with Crippen LogP contribution in [0, 0.1) is 0 Å². The van der Waals surface area contributed by atoms with Crippen LogP contribution in [-0.2, 0) is 20.9 Å². The lowest BCUT2D eigenvalue weighted by atomic mass is 9.89. The van der Waals surface area contributed by atoms with Crippen LogP contribution in [0.4, 0.5) is 4.79 Å². The summed E-state index contributed by atoms with van der Waals surface area (Å²) in [5, 5.41) is 12.9. The van der Waals surface area contributed by atoms with Crippen LogP contribution in [-0.4, -0.2) is 85.8 Å². The minimum absolute atomic E-state index is 0.154. The quantitative estimate of drug-likeness (QED) is 0.551. The summed E-state index contributed by atoms with van der Waals surface area (Å²) >= 11 is 0. The van der Waals surface area contributed by atoms with Gasteiger partial charge in [-0.3, -0.25) is 24.5 Å². The number of imide groups is 1. The number of benzene rings is 1. The summed E-state index contributed by atoms with van der Waals surface area (Å²) in [4.78, 5) is 63.9. The van der Waals surface area contributed by atoms with Gasteiger partial charge in [-0.1, -0.05) is 5.21 Å². The predicted octanol–water partition coefficient (Wildman–Crippen LogP) is -0.647. The third kappa shape index (κ3) is 3.50. The Bertz CT molecular complexity index is 1300. The van der Waals surface area contributed by atoms with E-state index in [2.05, 4.69) is 20.9 Å². The third-order valence-corrected chi connectivity index (χ3v) is 6.89. The third-order valence-electron chi connectivity index (χ3n) is 6.89. The Morgan fingerprint density at radius 2 is 2.00 bits per heavy atom. The van der Waals surface area contributed by atoms with E-state index in [0.717, 1.165) is 5.56 Å². The SMILES string of the molecule is O=C1CCC(N2Cc3cc(-n4cc(C(=O)N5CC6(CCNC(=O)O6)C5)nn4)ccc3C2=O)C(=O)N1. The van der Waals surface area contributed by atoms with Crippen molar-refractivity contribution in [2.75, 3.05) is 19.6 Å². The van der Waals surface area contributed by atoms with Crippen LogP contribution < -0.4 is 10.6 Å². The first-order valence-electron chi connectivity index (χ1n) is 11.3. The molecule has 4 aliphatic heterocycles. The highest BCUT2D eigenvalue weighted by Crippen LogP contribution is 2.32. The van der Waals surface area contributed by atoms with Gasteiger partial charge in [0.2, 0.25) is 11.8 Å². The summed E-state index contributed by atoms with van der Waals surface area (Å²) in [6.07, 6.45) is 2.16. The summed E-state index contributed by atoms with van der Waals surface area (Å²) < 4.78 is 6.81. The van der Waals surface area contributed by atoms with Gasteiger partial charge in [0.25, 0.3) is 11.8 Å². The van der Waals surface area contributed by atoms with E-state index in [-0.39, 0.29) is 36.4 Å². The minimum atomic E-state index is -0.689. The number of nitrogens with zero attached hydrogens (tertiary/aromatic N) is 5. The molecule has 1 aromatic carbocycles. The first-order chi connectivity index (χ1) is 16.8. The highest BCUT2D eigenvalue weighted by molar-refractivity contribution is 6.05. The molecule has 0 saturated carbocycles. The summed E-state index contributed by atoms with van der Waals surface area (Å²) in [5.74, 6) is -1.37. The van der Waals surface area contributed by atoms with Crippen LogP contribution in [0.1, 0.15) is 45.7 Å². The Morgan fingerprint density at radius 1 is 1.17 bits per heavy atom. The fourth-order valence-electron chi connectivity index (χ4n) is 5.05. The molecule has 180 valence electrons. The Hall–Kier alpha value is -4.29. The van der Waals surface area contributed by atoms with Gasteiger partial charge in [0.05, 0.1) is 25.0 Å². The maximum atomic E-state index is 12.9. The maximum absolute atomic E-state index is 12.9. The first-order valence-corrected chi connectivity index (χ1v) is 11.3. The largest absolute Gasteiger partial charge is 0.439 e. The number of carbonyl (C=O) groups excluding carboxylic acids is 5. The number of likely N-dealkylation sites (tertiary alicyclic amines) is 1. The lowest BCUT2D eigenvalue weighted by Crippen LogP contribution is -2.68. The number of nitrogens with one attached hydrogen (secondary N) is 2. The average Bonchev–Trinajstić information content (AvgIpc) is 3.42. The molecule has 4 aliphatic rings. The van der Waals surface area contributed by atoms with E-state index < -0.39 is 23.6 Å². The van der Waals surface area contributed by atoms with Gasteiger partial charge in [-0.25, -0.2) is 9.48 Å². The van der Waals surface area contributed by atoms with E-state index in [1.807, 2.05) is 0 Å². The Kier molecular flexibility index (Phi) is 4.62. The molecule has 1 spiro atoms. The molecule has 1 aromatic heterocycles. The maximum Gasteiger partial charge on any atom is 0.407 e. The number of alkyl carbamates (subject to hydrolysis) is 1. The fourth-order valence-corrected chi connectivity index (χ4v) is 5.05. The molecular formula is C22H21N7O6. The predicted molar refractivity (Wildman–Crippen MR) is 115 cm³/mol. The number of rotatable bonds is 3. The summed E-state index contributed by atoms with van der Waals surface area (Å²) in [6, 6.07) is 4.44. The molecule has 3 fully saturated rings. The Labute approximate surface area is 198 Å². The van der Waals surface area contributed by atoms with E-state index in [1.54, 1.807) is 23.1 Å². The molecule has 1 unspecified atom stereocenters. The van der Waals surface area contributed by atoms with Crippen molar-refractivity contribution < 1.29 is 28.7 Å². The summed E-state index contributed by atoms with van der Waals surface area (Å²) in [5.41, 5.74) is 1.34. The molecule has 0 bridgehead atoms. The van der Waals surface area contributed by atoms with Gasteiger partial charge >= 0.3 is 6.09 Å². The average molecular weight is 479 g/mol. The molecule has 13 heteroatoms. The van der Waals surface area contributed by atoms with Gasteiger partial charge in [-0.15, -0.1) is 5.10 Å². The van der Waals surface area contributed by atoms with E-state index in [4.69, 9.17) is 4.74 Å². The second-order valence-electron chi connectivity index (χ2n) is 9.20. The van der Waals surface area contributed by atoms with Gasteiger partial charge in [0.15, 0.2) is 11.3 Å². The molecule has 0 radical (unpaired) electrons. The van der Waals surface area contributed by atoms with Gasteiger partial charge in [0.1, 0.15) is 6.04 Å². The number of carbonyl (C=O) groups is 5. The van der Waals surface area contributed by atoms with Crippen molar-refractivity contribution >= 4 is 29.7 Å². The van der Waals surface area contributed by atoms with Crippen molar-refractivity contribution in [1.29, 1.82) is 0 Å². The number of aromatic nitrogens is 3. The lowest BCUT2D eigenvalue weighted by molar-refractivity contribution is -0.136. The molecule has 0 aliphatic carbocycles. The van der Waals surface area contributed by atoms with Gasteiger partial charge in [-0.05, 0) is 30.2 Å². The molecule has 5 heterocycles. The number of fused-ring (bicyclic) bond motifs is 1. The molecule has 13 nitrogen and oxygen atoms in total. The second-order valence-corrected chi connectivity index (χ2v) is 9.20. The van der Waals surface area contributed by atoms with Crippen molar-refractivity contribution in [2.45, 2.75) is 37.5 Å². The van der Waals surface area contributed by atoms with Crippen molar-refractivity contribution in [3.8, 4) is 5.69 Å². The zero-order valence-electron chi connectivity index (χ0n) is 18.5. The Balaban J connectivity index is 1.15. The minimum Gasteiger partial charge on any atom is -0.439 e. The highest BCUT2D eigenvalue weighted by atomic mass is 16.6. The number of ether oxygens (including phenoxy) is 1. The number of hydrogen-bond donors (Lipinski definition) is 2. The molecule has 35 heavy (non-hydrogen) atoms. The van der Waals surface area contributed by atoms with E-state index in [0.29, 0.717) is 43.7 Å². The molecule has 3 saturated heterocycles. The monoisotopic (exact) mass is 479 g/mol. The Morgan fingerprint density at radius 3 is 2.77 bits per heavy atom. The van der Waals surface area contributed by atoms with Crippen molar-refractivity contribution in [2.24, 2.45) is 0 Å². The molecule has 2 N–H and O–H groups in total. The number of amides is 5. The zero-order chi connectivity index (χ0) is 24.3. The van der Waals surface area contributed by atoms with Crippen molar-refractivity contribution in [1.82, 2.24) is 35.4 Å². The van der Waals surface area contributed by atoms with Gasteiger partial charge < -0.3 is 19.9 Å². The summed E-state index contributed by atoms with van der Waals surface area (Å²) in [7, 11) is 0. The normalized spacial score (nSPS) is 22.9. The number of piperidine rings is 1. The fraction of sp³-hybridized carbons (Fsp3) is 0.409. The molecule has 5 amide bonds. The van der Waals surface area contributed by atoms with Crippen molar-refractivity contribution in [3.63, 3.8) is 0 Å². The smallest absolute Gasteiger partial charge is 0.407 e. The molecule has 2 aromatic rings. The van der Waals surface area contributed by atoms with Gasteiger partial charge in [-0.2, -0.15) is 0 Å². The van der Waals surface area contributed by atoms with Crippen molar-refractivity contribution in [3.05, 3.63) is 41.2 Å². The topological polar surface area (TPSA) is 156 Å². The van der Waals surface area contributed by atoms with Crippen LogP contribution in [0.5, 0.6) is 0 Å². The van der Waals surface area contributed by atoms with E-state index >= 15 is 0 Å². The molecular weight excluding hydrogens is 458 g/mol. The van der Waals surface area contributed by atoms with Crippen LogP contribution in [0.25, 0.3) is 5.69 Å². The lowest BCUT2D eigenvalue weighted by Gasteiger charge is -2.50. The highest BCUT2D eigenvalue weighted by Gasteiger charge is 2.50. The zero-order valence-corrected chi connectivity index (χ0v) is 18.5. The van der Waals surface area contributed by atoms with E-state index in [1.165, 1.54) is 15.8 Å². The molecule has 6 rings (SSSR count).